The highest BCUT2D eigenvalue weighted by Gasteiger charge is 2.26. The van der Waals surface area contributed by atoms with Crippen LogP contribution in [0.5, 0.6) is 0 Å². The smallest absolute Gasteiger partial charge is 0.225 e. The highest BCUT2D eigenvalue weighted by atomic mass is 16.1. The maximum Gasteiger partial charge on any atom is 0.225 e. The molecular formula is C22H30N4O. The Hall–Kier alpha value is -2.43. The van der Waals surface area contributed by atoms with Crippen LogP contribution >= 0.6 is 0 Å². The molecule has 0 fully saturated rings. The molecule has 0 aliphatic heterocycles. The number of aromatic nitrogens is 2. The van der Waals surface area contributed by atoms with Crippen molar-refractivity contribution in [1.82, 2.24) is 15.3 Å². The number of benzene rings is 1. The summed E-state index contributed by atoms with van der Waals surface area (Å²) in [6.45, 7) is 10.8. The van der Waals surface area contributed by atoms with Crippen LogP contribution in [0.3, 0.4) is 0 Å². The first kappa shape index (κ1) is 19.3. The van der Waals surface area contributed by atoms with E-state index in [9.17, 15) is 4.79 Å². The maximum absolute atomic E-state index is 12.7. The Morgan fingerprint density at radius 1 is 1.26 bits per heavy atom. The minimum absolute atomic E-state index is 0.00511. The summed E-state index contributed by atoms with van der Waals surface area (Å²) >= 11 is 0. The zero-order chi connectivity index (χ0) is 19.4. The molecule has 1 aliphatic carbocycles. The molecule has 0 spiro atoms. The van der Waals surface area contributed by atoms with E-state index in [4.69, 9.17) is 4.98 Å². The summed E-state index contributed by atoms with van der Waals surface area (Å²) in [5.74, 6) is 0.941. The molecule has 2 aromatic rings. The number of nitrogens with one attached hydrogen (secondary N) is 1. The highest BCUT2D eigenvalue weighted by molar-refractivity contribution is 5.79. The Kier molecular flexibility index (Phi) is 6.09. The molecule has 5 nitrogen and oxygen atoms in total. The molecular weight excluding hydrogens is 336 g/mol. The first-order chi connectivity index (χ1) is 13.0. The standard InChI is InChI=1S/C22H30N4O/c1-5-26(6-2)22-24-14-19-12-17(9-10-20(19)25-22)21(27)23-13-18-11-15(3)7-8-16(18)4/h7-8,11,14,17H,5-6,9-10,12-13H2,1-4H3,(H,23,27). The van der Waals surface area contributed by atoms with Crippen molar-refractivity contribution in [3.05, 3.63) is 52.3 Å². The molecule has 1 aliphatic rings. The van der Waals surface area contributed by atoms with E-state index >= 15 is 0 Å². The van der Waals surface area contributed by atoms with Crippen molar-refractivity contribution < 1.29 is 4.79 Å². The van der Waals surface area contributed by atoms with Crippen LogP contribution in [0.1, 0.15) is 48.2 Å². The first-order valence-corrected chi connectivity index (χ1v) is 9.95. The van der Waals surface area contributed by atoms with Gasteiger partial charge in [0.25, 0.3) is 0 Å². The van der Waals surface area contributed by atoms with E-state index in [2.05, 4.69) is 61.1 Å². The summed E-state index contributed by atoms with van der Waals surface area (Å²) < 4.78 is 0. The Labute approximate surface area is 162 Å². The van der Waals surface area contributed by atoms with Gasteiger partial charge in [0, 0.05) is 37.4 Å². The van der Waals surface area contributed by atoms with Gasteiger partial charge in [0.1, 0.15) is 0 Å². The second-order valence-corrected chi connectivity index (χ2v) is 7.40. The fourth-order valence-corrected chi connectivity index (χ4v) is 3.70. The lowest BCUT2D eigenvalue weighted by molar-refractivity contribution is -0.125. The second kappa shape index (κ2) is 8.51. The minimum Gasteiger partial charge on any atom is -0.352 e. The number of hydrogen-bond acceptors (Lipinski definition) is 4. The van der Waals surface area contributed by atoms with Gasteiger partial charge in [-0.25, -0.2) is 9.97 Å². The Morgan fingerprint density at radius 3 is 2.78 bits per heavy atom. The summed E-state index contributed by atoms with van der Waals surface area (Å²) in [4.78, 5) is 24.1. The van der Waals surface area contributed by atoms with Gasteiger partial charge in [0.15, 0.2) is 0 Å². The normalized spacial score (nSPS) is 15.9. The zero-order valence-corrected chi connectivity index (χ0v) is 16.9. The average Bonchev–Trinajstić information content (AvgIpc) is 2.69. The van der Waals surface area contributed by atoms with Crippen molar-refractivity contribution in [3.63, 3.8) is 0 Å². The van der Waals surface area contributed by atoms with Gasteiger partial charge in [0.05, 0.1) is 0 Å². The quantitative estimate of drug-likeness (QED) is 0.852. The number of nitrogens with zero attached hydrogens (tertiary/aromatic N) is 3. The second-order valence-electron chi connectivity index (χ2n) is 7.40. The lowest BCUT2D eigenvalue weighted by atomic mass is 9.86. The predicted molar refractivity (Wildman–Crippen MR) is 109 cm³/mol. The van der Waals surface area contributed by atoms with E-state index in [1.54, 1.807) is 0 Å². The first-order valence-electron chi connectivity index (χ1n) is 9.95. The number of carbonyl (C=O) groups is 1. The molecule has 144 valence electrons. The van der Waals surface area contributed by atoms with E-state index in [1.165, 1.54) is 16.7 Å². The third-order valence-electron chi connectivity index (χ3n) is 5.51. The van der Waals surface area contributed by atoms with Gasteiger partial charge in [-0.05, 0) is 63.6 Å². The number of rotatable bonds is 6. The molecule has 1 amide bonds. The monoisotopic (exact) mass is 366 g/mol. The fraction of sp³-hybridized carbons (Fsp3) is 0.500. The molecule has 0 saturated carbocycles. The van der Waals surface area contributed by atoms with Crippen LogP contribution in [0.25, 0.3) is 0 Å². The lowest BCUT2D eigenvalue weighted by Gasteiger charge is -2.25. The van der Waals surface area contributed by atoms with Crippen LogP contribution in [0, 0.1) is 19.8 Å². The molecule has 3 rings (SSSR count). The zero-order valence-electron chi connectivity index (χ0n) is 16.9. The summed E-state index contributed by atoms with van der Waals surface area (Å²) in [6, 6.07) is 6.36. The van der Waals surface area contributed by atoms with Gasteiger partial charge in [-0.2, -0.15) is 0 Å². The number of anilines is 1. The van der Waals surface area contributed by atoms with Crippen LogP contribution in [0.15, 0.2) is 24.4 Å². The molecule has 1 N–H and O–H groups in total. The largest absolute Gasteiger partial charge is 0.352 e. The van der Waals surface area contributed by atoms with Crippen molar-refractivity contribution in [2.24, 2.45) is 5.92 Å². The Bertz CT molecular complexity index is 814. The van der Waals surface area contributed by atoms with Crippen LogP contribution in [0.2, 0.25) is 0 Å². The van der Waals surface area contributed by atoms with Gasteiger partial charge < -0.3 is 10.2 Å². The van der Waals surface area contributed by atoms with Gasteiger partial charge >= 0.3 is 0 Å². The van der Waals surface area contributed by atoms with Crippen molar-refractivity contribution in [2.45, 2.75) is 53.5 Å². The van der Waals surface area contributed by atoms with Crippen molar-refractivity contribution in [1.29, 1.82) is 0 Å². The third kappa shape index (κ3) is 4.46. The van der Waals surface area contributed by atoms with Crippen molar-refractivity contribution in [2.75, 3.05) is 18.0 Å². The summed E-state index contributed by atoms with van der Waals surface area (Å²) in [5, 5.41) is 3.13. The summed E-state index contributed by atoms with van der Waals surface area (Å²) in [6.07, 6.45) is 4.33. The van der Waals surface area contributed by atoms with E-state index in [1.807, 2.05) is 6.20 Å². The molecule has 27 heavy (non-hydrogen) atoms. The molecule has 5 heteroatoms. The predicted octanol–water partition coefficient (Wildman–Crippen LogP) is 3.36. The maximum atomic E-state index is 12.7. The molecule has 0 radical (unpaired) electrons. The summed E-state index contributed by atoms with van der Waals surface area (Å²) in [5.41, 5.74) is 5.84. The van der Waals surface area contributed by atoms with Gasteiger partial charge in [-0.1, -0.05) is 23.8 Å². The SMILES string of the molecule is CCN(CC)c1ncc2c(n1)CCC(C(=O)NCc1cc(C)ccc1C)C2. The number of aryl methyl sites for hydroxylation is 3. The number of fused-ring (bicyclic) bond motifs is 1. The van der Waals surface area contributed by atoms with E-state index in [-0.39, 0.29) is 11.8 Å². The number of hydrogen-bond donors (Lipinski definition) is 1. The fourth-order valence-electron chi connectivity index (χ4n) is 3.70. The van der Waals surface area contributed by atoms with E-state index in [0.717, 1.165) is 49.6 Å². The Balaban J connectivity index is 1.63. The van der Waals surface area contributed by atoms with Gasteiger partial charge in [-0.15, -0.1) is 0 Å². The number of carbonyl (C=O) groups excluding carboxylic acids is 1. The third-order valence-corrected chi connectivity index (χ3v) is 5.51. The van der Waals surface area contributed by atoms with Crippen molar-refractivity contribution >= 4 is 11.9 Å². The molecule has 0 bridgehead atoms. The molecule has 1 unspecified atom stereocenters. The lowest BCUT2D eigenvalue weighted by Crippen LogP contribution is -2.34. The summed E-state index contributed by atoms with van der Waals surface area (Å²) in [7, 11) is 0. The molecule has 1 aromatic carbocycles. The molecule has 1 atom stereocenters. The van der Waals surface area contributed by atoms with Crippen LogP contribution in [0.4, 0.5) is 5.95 Å². The molecule has 0 saturated heterocycles. The van der Waals surface area contributed by atoms with Crippen LogP contribution in [-0.2, 0) is 24.2 Å². The van der Waals surface area contributed by atoms with Crippen molar-refractivity contribution in [3.8, 4) is 0 Å². The van der Waals surface area contributed by atoms with Crippen LogP contribution < -0.4 is 10.2 Å². The van der Waals surface area contributed by atoms with E-state index < -0.39 is 0 Å². The molecule has 1 heterocycles. The number of amides is 1. The van der Waals surface area contributed by atoms with E-state index in [0.29, 0.717) is 6.54 Å². The topological polar surface area (TPSA) is 58.1 Å². The van der Waals surface area contributed by atoms with Crippen LogP contribution in [-0.4, -0.2) is 29.0 Å². The highest BCUT2D eigenvalue weighted by Crippen LogP contribution is 2.25. The van der Waals surface area contributed by atoms with Gasteiger partial charge in [-0.3, -0.25) is 4.79 Å². The Morgan fingerprint density at radius 2 is 2.04 bits per heavy atom. The van der Waals surface area contributed by atoms with Gasteiger partial charge in [0.2, 0.25) is 11.9 Å². The minimum atomic E-state index is 0.00511. The molecule has 1 aromatic heterocycles. The average molecular weight is 367 g/mol.